The van der Waals surface area contributed by atoms with Gasteiger partial charge >= 0.3 is 0 Å². The van der Waals surface area contributed by atoms with Crippen molar-refractivity contribution in [3.8, 4) is 39.7 Å². The van der Waals surface area contributed by atoms with E-state index in [1.54, 1.807) is 0 Å². The molecule has 7 aromatic carbocycles. The SMILES string of the molecule is N#Cc1ccc(-n2c3ccccc3c3cc(-c4ccccc4-c4ccccc4-n4c5ccccc5c5ccccc54)ccc32)cc1. The van der Waals surface area contributed by atoms with Gasteiger partial charge in [0.05, 0.1) is 39.4 Å². The van der Waals surface area contributed by atoms with Gasteiger partial charge in [0, 0.05) is 32.8 Å². The minimum Gasteiger partial charge on any atom is -0.309 e. The van der Waals surface area contributed by atoms with Crippen molar-refractivity contribution >= 4 is 43.6 Å². The highest BCUT2D eigenvalue weighted by Gasteiger charge is 2.18. The molecule has 0 amide bonds. The normalized spacial score (nSPS) is 11.5. The average Bonchev–Trinajstić information content (AvgIpc) is 3.64. The number of benzene rings is 7. The number of para-hydroxylation sites is 4. The van der Waals surface area contributed by atoms with Gasteiger partial charge in [0.1, 0.15) is 0 Å². The van der Waals surface area contributed by atoms with Gasteiger partial charge in [0.25, 0.3) is 0 Å². The second kappa shape index (κ2) is 10.4. The third-order valence-electron chi connectivity index (χ3n) is 9.18. The van der Waals surface area contributed by atoms with E-state index in [9.17, 15) is 5.26 Å². The maximum atomic E-state index is 9.35. The van der Waals surface area contributed by atoms with Gasteiger partial charge in [-0.15, -0.1) is 0 Å². The Morgan fingerprint density at radius 3 is 1.54 bits per heavy atom. The van der Waals surface area contributed by atoms with Gasteiger partial charge < -0.3 is 9.13 Å². The molecule has 0 unspecified atom stereocenters. The zero-order chi connectivity index (χ0) is 30.6. The van der Waals surface area contributed by atoms with E-state index < -0.39 is 0 Å². The van der Waals surface area contributed by atoms with E-state index in [0.717, 1.165) is 22.4 Å². The van der Waals surface area contributed by atoms with Gasteiger partial charge in [0.2, 0.25) is 0 Å². The fourth-order valence-electron chi connectivity index (χ4n) is 7.15. The van der Waals surface area contributed by atoms with Gasteiger partial charge in [-0.3, -0.25) is 0 Å². The van der Waals surface area contributed by atoms with Crippen molar-refractivity contribution in [2.45, 2.75) is 0 Å². The smallest absolute Gasteiger partial charge is 0.0991 e. The zero-order valence-electron chi connectivity index (χ0n) is 24.9. The summed E-state index contributed by atoms with van der Waals surface area (Å²) < 4.78 is 4.70. The molecule has 214 valence electrons. The number of aromatic nitrogens is 2. The molecular weight excluding hydrogens is 558 g/mol. The number of rotatable bonds is 4. The summed E-state index contributed by atoms with van der Waals surface area (Å²) in [7, 11) is 0. The molecule has 46 heavy (non-hydrogen) atoms. The number of fused-ring (bicyclic) bond motifs is 6. The van der Waals surface area contributed by atoms with Crippen LogP contribution in [0.2, 0.25) is 0 Å². The van der Waals surface area contributed by atoms with Crippen LogP contribution >= 0.6 is 0 Å². The number of hydrogen-bond acceptors (Lipinski definition) is 1. The van der Waals surface area contributed by atoms with Crippen LogP contribution in [-0.4, -0.2) is 9.13 Å². The van der Waals surface area contributed by atoms with E-state index >= 15 is 0 Å². The highest BCUT2D eigenvalue weighted by molar-refractivity contribution is 6.12. The molecule has 0 aliphatic carbocycles. The Morgan fingerprint density at radius 1 is 0.391 bits per heavy atom. The summed E-state index contributed by atoms with van der Waals surface area (Å²) in [6, 6.07) is 60.3. The summed E-state index contributed by atoms with van der Waals surface area (Å²) in [5, 5.41) is 14.3. The summed E-state index contributed by atoms with van der Waals surface area (Å²) in [5.74, 6) is 0. The molecule has 2 heterocycles. The van der Waals surface area contributed by atoms with E-state index in [-0.39, 0.29) is 0 Å². The zero-order valence-corrected chi connectivity index (χ0v) is 24.9. The van der Waals surface area contributed by atoms with Gasteiger partial charge in [0.15, 0.2) is 0 Å². The van der Waals surface area contributed by atoms with Crippen molar-refractivity contribution in [2.24, 2.45) is 0 Å². The summed E-state index contributed by atoms with van der Waals surface area (Å²) >= 11 is 0. The van der Waals surface area contributed by atoms with Crippen molar-refractivity contribution in [1.82, 2.24) is 9.13 Å². The second-order valence-corrected chi connectivity index (χ2v) is 11.7. The predicted molar refractivity (Wildman–Crippen MR) is 191 cm³/mol. The molecule has 0 bridgehead atoms. The molecule has 2 aromatic heterocycles. The molecule has 0 spiro atoms. The minimum absolute atomic E-state index is 0.657. The molecule has 0 aliphatic rings. The monoisotopic (exact) mass is 585 g/mol. The van der Waals surface area contributed by atoms with Crippen molar-refractivity contribution < 1.29 is 0 Å². The fraction of sp³-hybridized carbons (Fsp3) is 0. The topological polar surface area (TPSA) is 33.6 Å². The van der Waals surface area contributed by atoms with E-state index in [4.69, 9.17) is 0 Å². The maximum Gasteiger partial charge on any atom is 0.0991 e. The molecule has 9 aromatic rings. The summed E-state index contributed by atoms with van der Waals surface area (Å²) in [6.07, 6.45) is 0. The fourth-order valence-corrected chi connectivity index (χ4v) is 7.15. The number of nitriles is 1. The van der Waals surface area contributed by atoms with Crippen LogP contribution in [0.3, 0.4) is 0 Å². The molecule has 0 N–H and O–H groups in total. The van der Waals surface area contributed by atoms with Gasteiger partial charge in [-0.2, -0.15) is 5.26 Å². The third-order valence-corrected chi connectivity index (χ3v) is 9.18. The Labute approximate surface area is 266 Å². The third kappa shape index (κ3) is 3.91. The lowest BCUT2D eigenvalue weighted by Crippen LogP contribution is -1.98. The van der Waals surface area contributed by atoms with Crippen LogP contribution in [-0.2, 0) is 0 Å². The largest absolute Gasteiger partial charge is 0.309 e. The lowest BCUT2D eigenvalue weighted by Gasteiger charge is -2.17. The van der Waals surface area contributed by atoms with Crippen molar-refractivity contribution in [3.05, 3.63) is 169 Å². The second-order valence-electron chi connectivity index (χ2n) is 11.7. The summed E-state index contributed by atoms with van der Waals surface area (Å²) in [5.41, 5.74) is 12.3. The van der Waals surface area contributed by atoms with E-state index in [0.29, 0.717) is 5.56 Å². The molecule has 0 radical (unpaired) electrons. The van der Waals surface area contributed by atoms with E-state index in [1.807, 2.05) is 24.3 Å². The molecule has 0 saturated heterocycles. The van der Waals surface area contributed by atoms with Crippen LogP contribution in [0.15, 0.2) is 164 Å². The van der Waals surface area contributed by atoms with Gasteiger partial charge in [-0.1, -0.05) is 103 Å². The molecule has 0 aliphatic heterocycles. The Hall–Kier alpha value is -6.37. The van der Waals surface area contributed by atoms with Crippen LogP contribution in [0.5, 0.6) is 0 Å². The highest BCUT2D eigenvalue weighted by Crippen LogP contribution is 2.41. The molecule has 0 atom stereocenters. The van der Waals surface area contributed by atoms with Gasteiger partial charge in [-0.05, 0) is 77.4 Å². The number of nitrogens with zero attached hydrogens (tertiary/aromatic N) is 3. The Balaban J connectivity index is 1.26. The Bertz CT molecular complexity index is 2590. The molecule has 9 rings (SSSR count). The minimum atomic E-state index is 0.657. The molecule has 3 nitrogen and oxygen atoms in total. The van der Waals surface area contributed by atoms with Crippen molar-refractivity contribution in [1.29, 1.82) is 5.26 Å². The first-order valence-electron chi connectivity index (χ1n) is 15.5. The summed E-state index contributed by atoms with van der Waals surface area (Å²) in [6.45, 7) is 0. The standard InChI is InChI=1S/C43H27N3/c44-28-29-21-24-31(25-22-29)45-39-17-7-6-16-37(39)38-27-30(23-26-43(38)45)32-11-1-2-12-33(32)34-13-3-8-18-40(34)46-41-19-9-4-14-35(41)36-15-5-10-20-42(36)46/h1-27H. The van der Waals surface area contributed by atoms with Crippen LogP contribution in [0, 0.1) is 11.3 Å². The lowest BCUT2D eigenvalue weighted by molar-refractivity contribution is 1.18. The van der Waals surface area contributed by atoms with Crippen molar-refractivity contribution in [2.75, 3.05) is 0 Å². The first-order chi connectivity index (χ1) is 22.8. The van der Waals surface area contributed by atoms with Crippen LogP contribution < -0.4 is 0 Å². The van der Waals surface area contributed by atoms with E-state index in [1.165, 1.54) is 54.8 Å². The average molecular weight is 586 g/mol. The van der Waals surface area contributed by atoms with Crippen molar-refractivity contribution in [3.63, 3.8) is 0 Å². The first-order valence-corrected chi connectivity index (χ1v) is 15.5. The number of hydrogen-bond donors (Lipinski definition) is 0. The molecule has 0 saturated carbocycles. The molecular formula is C43H27N3. The lowest BCUT2D eigenvalue weighted by atomic mass is 9.92. The molecule has 3 heteroatoms. The summed E-state index contributed by atoms with van der Waals surface area (Å²) in [4.78, 5) is 0. The Kier molecular flexibility index (Phi) is 5.88. The Morgan fingerprint density at radius 2 is 0.891 bits per heavy atom. The molecule has 0 fully saturated rings. The first kappa shape index (κ1) is 26.1. The van der Waals surface area contributed by atoms with E-state index in [2.05, 4.69) is 155 Å². The van der Waals surface area contributed by atoms with Gasteiger partial charge in [-0.25, -0.2) is 0 Å². The van der Waals surface area contributed by atoms with Crippen LogP contribution in [0.4, 0.5) is 0 Å². The quantitative estimate of drug-likeness (QED) is 0.202. The van der Waals surface area contributed by atoms with Crippen LogP contribution in [0.25, 0.3) is 77.2 Å². The van der Waals surface area contributed by atoms with Crippen LogP contribution in [0.1, 0.15) is 5.56 Å². The predicted octanol–water partition coefficient (Wildman–Crippen LogP) is 11.1. The maximum absolute atomic E-state index is 9.35. The highest BCUT2D eigenvalue weighted by atomic mass is 15.0.